The molecule has 2 atom stereocenters. The molecule has 0 unspecified atom stereocenters. The molecule has 2 aliphatic rings. The van der Waals surface area contributed by atoms with Crippen molar-refractivity contribution >= 4 is 22.8 Å². The van der Waals surface area contributed by atoms with Crippen molar-refractivity contribution in [1.29, 1.82) is 0 Å². The van der Waals surface area contributed by atoms with Gasteiger partial charge in [-0.3, -0.25) is 10.3 Å². The maximum Gasteiger partial charge on any atom is 0.409 e. The van der Waals surface area contributed by atoms with Crippen LogP contribution < -0.4 is 19.5 Å². The van der Waals surface area contributed by atoms with Gasteiger partial charge in [0.15, 0.2) is 11.5 Å². The molecule has 1 aliphatic carbocycles. The third kappa shape index (κ3) is 6.13. The van der Waals surface area contributed by atoms with Gasteiger partial charge in [0.05, 0.1) is 24.2 Å². The lowest BCUT2D eigenvalue weighted by Gasteiger charge is -2.30. The molecule has 2 aromatic heterocycles. The molecule has 0 radical (unpaired) electrons. The van der Waals surface area contributed by atoms with E-state index < -0.39 is 18.3 Å². The van der Waals surface area contributed by atoms with E-state index in [1.807, 2.05) is 6.07 Å². The smallest absolute Gasteiger partial charge is 0.409 e. The van der Waals surface area contributed by atoms with Crippen LogP contribution in [0.2, 0.25) is 0 Å². The molecule has 4 N–H and O–H groups in total. The molecule has 0 saturated heterocycles. The van der Waals surface area contributed by atoms with Gasteiger partial charge in [0, 0.05) is 29.6 Å². The second-order valence-electron chi connectivity index (χ2n) is 8.74. The molecule has 192 valence electrons. The minimum atomic E-state index is -1.10. The van der Waals surface area contributed by atoms with E-state index in [2.05, 4.69) is 15.3 Å². The molecule has 36 heavy (non-hydrogen) atoms. The number of carbonyl (C=O) groups is 1. The Bertz CT molecular complexity index is 1180. The third-order valence-electron chi connectivity index (χ3n) is 6.37. The van der Waals surface area contributed by atoms with Crippen molar-refractivity contribution < 1.29 is 34.3 Å². The van der Waals surface area contributed by atoms with Crippen LogP contribution in [0.25, 0.3) is 11.0 Å². The van der Waals surface area contributed by atoms with Crippen LogP contribution >= 0.6 is 0 Å². The van der Waals surface area contributed by atoms with Gasteiger partial charge < -0.3 is 29.5 Å². The van der Waals surface area contributed by atoms with E-state index in [-0.39, 0.29) is 5.92 Å². The molecular formula is C26H31N3O7. The van der Waals surface area contributed by atoms with Crippen molar-refractivity contribution in [2.75, 3.05) is 25.6 Å². The first kappa shape index (κ1) is 25.5. The highest BCUT2D eigenvalue weighted by atomic mass is 16.6. The van der Waals surface area contributed by atoms with E-state index >= 15 is 0 Å². The molecule has 0 spiro atoms. The van der Waals surface area contributed by atoms with Crippen LogP contribution in [0.5, 0.6) is 17.4 Å². The van der Waals surface area contributed by atoms with Gasteiger partial charge in [-0.1, -0.05) is 19.3 Å². The van der Waals surface area contributed by atoms with E-state index in [1.54, 1.807) is 43.6 Å². The van der Waals surface area contributed by atoms with Crippen molar-refractivity contribution in [2.24, 2.45) is 5.92 Å². The number of nitrogens with zero attached hydrogens (tertiary/aromatic N) is 2. The maximum absolute atomic E-state index is 10.6. The van der Waals surface area contributed by atoms with E-state index in [1.165, 1.54) is 6.42 Å². The van der Waals surface area contributed by atoms with Crippen LogP contribution in [0.3, 0.4) is 0 Å². The summed E-state index contributed by atoms with van der Waals surface area (Å²) < 4.78 is 15.7. The number of aliphatic hydroxyl groups excluding tert-OH is 2. The summed E-state index contributed by atoms with van der Waals surface area (Å²) >= 11 is 0. The standard InChI is InChI=1S/C17H22N2O3.C9H9NO4/c1-22-14-8-7-13-15(19-14)12(9-10-18-13)17(21)16(20)11-5-3-2-4-6-11;11-9(12)10-6-1-2-7-8(5-6)14-4-3-13-7/h7-11,16-17,20-21H,2-6H2,1H3;1-2,5,10H,3-4H2,(H,11,12)/t16-,17-;/m1./s1. The summed E-state index contributed by atoms with van der Waals surface area (Å²) in [6.07, 6.45) is 4.23. The number of rotatable bonds is 5. The summed E-state index contributed by atoms with van der Waals surface area (Å²) in [6.45, 7) is 1.02. The number of hydrogen-bond acceptors (Lipinski definition) is 8. The van der Waals surface area contributed by atoms with Crippen molar-refractivity contribution in [3.8, 4) is 17.4 Å². The molecule has 10 heteroatoms. The highest BCUT2D eigenvalue weighted by molar-refractivity contribution is 5.83. The zero-order chi connectivity index (χ0) is 25.5. The van der Waals surface area contributed by atoms with Crippen LogP contribution in [-0.2, 0) is 0 Å². The molecule has 1 fully saturated rings. The normalized spacial score (nSPS) is 16.9. The fourth-order valence-electron chi connectivity index (χ4n) is 4.54. The number of nitrogens with one attached hydrogen (secondary N) is 1. The Morgan fingerprint density at radius 3 is 2.53 bits per heavy atom. The zero-order valence-corrected chi connectivity index (χ0v) is 20.1. The van der Waals surface area contributed by atoms with Crippen molar-refractivity contribution in [3.05, 3.63) is 48.2 Å². The largest absolute Gasteiger partial charge is 0.486 e. The third-order valence-corrected chi connectivity index (χ3v) is 6.37. The predicted octanol–water partition coefficient (Wildman–Crippen LogP) is 4.16. The van der Waals surface area contributed by atoms with Crippen LogP contribution in [0, 0.1) is 5.92 Å². The lowest BCUT2D eigenvalue weighted by molar-refractivity contribution is -0.0279. The Hall–Kier alpha value is -3.63. The number of anilines is 1. The summed E-state index contributed by atoms with van der Waals surface area (Å²) in [7, 11) is 1.55. The number of pyridine rings is 2. The molecule has 10 nitrogen and oxygen atoms in total. The quantitative estimate of drug-likeness (QED) is 0.408. The number of amides is 1. The van der Waals surface area contributed by atoms with Crippen molar-refractivity contribution in [2.45, 2.75) is 44.3 Å². The van der Waals surface area contributed by atoms with E-state index in [0.29, 0.717) is 52.9 Å². The Morgan fingerprint density at radius 2 is 1.81 bits per heavy atom. The molecule has 1 aromatic carbocycles. The van der Waals surface area contributed by atoms with Crippen molar-refractivity contribution in [3.63, 3.8) is 0 Å². The summed E-state index contributed by atoms with van der Waals surface area (Å²) in [5, 5.41) is 31.9. The second kappa shape index (κ2) is 11.9. The van der Waals surface area contributed by atoms with E-state index in [4.69, 9.17) is 19.3 Å². The summed E-state index contributed by atoms with van der Waals surface area (Å²) in [5.41, 5.74) is 2.36. The topological polar surface area (TPSA) is 143 Å². The monoisotopic (exact) mass is 497 g/mol. The zero-order valence-electron chi connectivity index (χ0n) is 20.1. The molecule has 1 aliphatic heterocycles. The highest BCUT2D eigenvalue weighted by Crippen LogP contribution is 2.34. The van der Waals surface area contributed by atoms with Crippen molar-refractivity contribution in [1.82, 2.24) is 9.97 Å². The van der Waals surface area contributed by atoms with Gasteiger partial charge in [0.25, 0.3) is 0 Å². The summed E-state index contributed by atoms with van der Waals surface area (Å²) in [4.78, 5) is 19.0. The number of ether oxygens (including phenoxy) is 3. The highest BCUT2D eigenvalue weighted by Gasteiger charge is 2.30. The minimum Gasteiger partial charge on any atom is -0.486 e. The van der Waals surface area contributed by atoms with E-state index in [0.717, 1.165) is 25.7 Å². The summed E-state index contributed by atoms with van der Waals surface area (Å²) in [5.74, 6) is 1.84. The first-order chi connectivity index (χ1) is 17.5. The molecule has 0 bridgehead atoms. The number of benzene rings is 1. The number of aliphatic hydroxyl groups is 2. The minimum absolute atomic E-state index is 0.151. The Balaban J connectivity index is 0.000000187. The Kier molecular flexibility index (Phi) is 8.40. The van der Waals surface area contributed by atoms with Gasteiger partial charge in [-0.2, -0.15) is 0 Å². The SMILES string of the molecule is COc1ccc2nccc([C@@H](O)[C@H](O)C3CCCCC3)c2n1.O=C(O)Nc1ccc2c(c1)OCCO2. The molecule has 1 amide bonds. The number of fused-ring (bicyclic) bond motifs is 2. The van der Waals surface area contributed by atoms with Gasteiger partial charge >= 0.3 is 6.09 Å². The maximum atomic E-state index is 10.6. The van der Waals surface area contributed by atoms with Crippen LogP contribution in [0.1, 0.15) is 43.8 Å². The van der Waals surface area contributed by atoms with Gasteiger partial charge in [-0.15, -0.1) is 0 Å². The summed E-state index contributed by atoms with van der Waals surface area (Å²) in [6, 6.07) is 10.2. The molecule has 5 rings (SSSR count). The predicted molar refractivity (Wildman–Crippen MR) is 133 cm³/mol. The average molecular weight is 498 g/mol. The van der Waals surface area contributed by atoms with Gasteiger partial charge in [0.1, 0.15) is 19.3 Å². The lowest BCUT2D eigenvalue weighted by Crippen LogP contribution is -2.29. The van der Waals surface area contributed by atoms with Gasteiger partial charge in [-0.25, -0.2) is 9.78 Å². The lowest BCUT2D eigenvalue weighted by atomic mass is 9.82. The van der Waals surface area contributed by atoms with Gasteiger partial charge in [0.2, 0.25) is 5.88 Å². The Labute approximate surface area is 208 Å². The molecule has 3 aromatic rings. The first-order valence-corrected chi connectivity index (χ1v) is 12.0. The van der Waals surface area contributed by atoms with Gasteiger partial charge in [-0.05, 0) is 43.0 Å². The Morgan fingerprint density at radius 1 is 1.06 bits per heavy atom. The number of hydrogen-bond donors (Lipinski definition) is 4. The second-order valence-corrected chi connectivity index (χ2v) is 8.74. The molecule has 3 heterocycles. The fourth-order valence-corrected chi connectivity index (χ4v) is 4.54. The van der Waals surface area contributed by atoms with Crippen LogP contribution in [0.15, 0.2) is 42.6 Å². The molecule has 1 saturated carbocycles. The number of methoxy groups -OCH3 is 1. The fraction of sp³-hybridized carbons (Fsp3) is 0.423. The van der Waals surface area contributed by atoms with E-state index in [9.17, 15) is 15.0 Å². The van der Waals surface area contributed by atoms with Crippen LogP contribution in [0.4, 0.5) is 10.5 Å². The van der Waals surface area contributed by atoms with Crippen LogP contribution in [-0.4, -0.2) is 57.8 Å². The first-order valence-electron chi connectivity index (χ1n) is 12.0. The molecular weight excluding hydrogens is 466 g/mol. The average Bonchev–Trinajstić information content (AvgIpc) is 2.92. The number of aromatic nitrogens is 2. The number of carboxylic acid groups (broad SMARTS) is 1.